The van der Waals surface area contributed by atoms with Gasteiger partial charge >= 0.3 is 0 Å². The highest BCUT2D eigenvalue weighted by Gasteiger charge is 2.46. The minimum atomic E-state index is -0.00996. The molecule has 0 bridgehead atoms. The summed E-state index contributed by atoms with van der Waals surface area (Å²) in [6.45, 7) is 28.5. The molecule has 5 heteroatoms. The smallest absolute Gasteiger partial charge is 0.252 e. The van der Waals surface area contributed by atoms with Gasteiger partial charge in [0.25, 0.3) is 6.71 Å². The van der Waals surface area contributed by atoms with E-state index < -0.39 is 0 Å². The second-order valence-corrected chi connectivity index (χ2v) is 18.4. The van der Waals surface area contributed by atoms with Gasteiger partial charge in [-0.25, -0.2) is 0 Å². The summed E-state index contributed by atoms with van der Waals surface area (Å²) in [6.07, 6.45) is 0. The quantitative estimate of drug-likeness (QED) is 0.169. The molecular formula is C47H53BN2O2. The standard InChI is InChI=1S/C47H53BN2O2/c1-28-23-38-41-39(24-28)50(42-29(2)25-33(26-30(42)3)47(10,11)12)43-35(18-20-40-44(43)52-22-21-51-40)48(41)36-27-32(46(7,8)9)15-19-37(36)49(38)34-16-13-31(14-17-34)45(4,5)6/h13-20,23-27H,21-22H2,1-12H3. The molecule has 0 spiro atoms. The van der Waals surface area contributed by atoms with Gasteiger partial charge in [-0.1, -0.05) is 105 Å². The Bertz CT molecular complexity index is 2230. The average Bonchev–Trinajstić information content (AvgIpc) is 3.07. The first-order valence-corrected chi connectivity index (χ1v) is 19.0. The molecule has 0 fully saturated rings. The highest BCUT2D eigenvalue weighted by atomic mass is 16.6. The summed E-state index contributed by atoms with van der Waals surface area (Å²) < 4.78 is 12.9. The van der Waals surface area contributed by atoms with Gasteiger partial charge in [-0.3, -0.25) is 0 Å². The van der Waals surface area contributed by atoms with E-state index in [1.165, 1.54) is 78.2 Å². The summed E-state index contributed by atoms with van der Waals surface area (Å²) in [6, 6.07) is 30.4. The Balaban J connectivity index is 1.48. The number of fused-ring (bicyclic) bond motifs is 6. The number of aryl methyl sites for hydroxylation is 3. The van der Waals surface area contributed by atoms with Crippen molar-refractivity contribution in [1.29, 1.82) is 0 Å². The Morgan fingerprint density at radius 1 is 0.519 bits per heavy atom. The van der Waals surface area contributed by atoms with E-state index >= 15 is 0 Å². The molecule has 3 heterocycles. The molecule has 0 radical (unpaired) electrons. The van der Waals surface area contributed by atoms with E-state index in [1.54, 1.807) is 0 Å². The summed E-state index contributed by atoms with van der Waals surface area (Å²) in [5, 5.41) is 0. The molecule has 8 rings (SSSR count). The van der Waals surface area contributed by atoms with Crippen LogP contribution in [-0.4, -0.2) is 19.9 Å². The number of hydrogen-bond acceptors (Lipinski definition) is 4. The van der Waals surface area contributed by atoms with Crippen LogP contribution in [0.3, 0.4) is 0 Å². The van der Waals surface area contributed by atoms with E-state index in [0.717, 1.165) is 17.2 Å². The lowest BCUT2D eigenvalue weighted by molar-refractivity contribution is 0.172. The van der Waals surface area contributed by atoms with Gasteiger partial charge in [0.2, 0.25) is 0 Å². The van der Waals surface area contributed by atoms with Crippen molar-refractivity contribution >= 4 is 57.2 Å². The van der Waals surface area contributed by atoms with E-state index in [4.69, 9.17) is 9.47 Å². The van der Waals surface area contributed by atoms with Gasteiger partial charge in [-0.15, -0.1) is 0 Å². The molecule has 52 heavy (non-hydrogen) atoms. The molecule has 5 aromatic carbocycles. The molecule has 3 aliphatic rings. The van der Waals surface area contributed by atoms with Crippen LogP contribution in [0.2, 0.25) is 0 Å². The van der Waals surface area contributed by atoms with Crippen molar-refractivity contribution in [3.8, 4) is 11.5 Å². The van der Waals surface area contributed by atoms with E-state index in [-0.39, 0.29) is 23.0 Å². The lowest BCUT2D eigenvalue weighted by atomic mass is 9.33. The van der Waals surface area contributed by atoms with Gasteiger partial charge in [0, 0.05) is 22.7 Å². The Morgan fingerprint density at radius 3 is 1.71 bits per heavy atom. The minimum Gasteiger partial charge on any atom is -0.486 e. The summed E-state index contributed by atoms with van der Waals surface area (Å²) >= 11 is 0. The predicted molar refractivity (Wildman–Crippen MR) is 222 cm³/mol. The van der Waals surface area contributed by atoms with Crippen LogP contribution in [0.1, 0.15) is 95.7 Å². The number of benzene rings is 5. The van der Waals surface area contributed by atoms with Crippen LogP contribution in [0.4, 0.5) is 34.1 Å². The lowest BCUT2D eigenvalue weighted by Crippen LogP contribution is -2.61. The maximum Gasteiger partial charge on any atom is 0.252 e. The van der Waals surface area contributed by atoms with E-state index in [2.05, 4.69) is 172 Å². The molecule has 0 amide bonds. The van der Waals surface area contributed by atoms with Crippen molar-refractivity contribution in [2.45, 2.75) is 99.3 Å². The first-order chi connectivity index (χ1) is 24.4. The molecule has 0 N–H and O–H groups in total. The van der Waals surface area contributed by atoms with Crippen LogP contribution < -0.4 is 35.7 Å². The maximum atomic E-state index is 6.64. The van der Waals surface area contributed by atoms with Crippen LogP contribution in [0.15, 0.2) is 78.9 Å². The zero-order valence-corrected chi connectivity index (χ0v) is 33.2. The third kappa shape index (κ3) is 5.42. The van der Waals surface area contributed by atoms with Gasteiger partial charge < -0.3 is 19.3 Å². The zero-order valence-electron chi connectivity index (χ0n) is 33.2. The number of rotatable bonds is 2. The van der Waals surface area contributed by atoms with E-state index in [0.29, 0.717) is 13.2 Å². The van der Waals surface area contributed by atoms with Crippen molar-refractivity contribution in [3.05, 3.63) is 112 Å². The van der Waals surface area contributed by atoms with Crippen LogP contribution in [0, 0.1) is 20.8 Å². The SMILES string of the molecule is Cc1cc2c3c(c1)N(c1c(C)cc(C(C)(C)C)cc1C)c1c(ccc4c1OCCO4)B3c1cc(C(C)(C)C)ccc1N2c1ccc(C(C)(C)C)cc1. The third-order valence-corrected chi connectivity index (χ3v) is 11.3. The molecule has 3 aliphatic heterocycles. The van der Waals surface area contributed by atoms with Gasteiger partial charge in [-0.05, 0) is 123 Å². The van der Waals surface area contributed by atoms with Crippen LogP contribution in [0.25, 0.3) is 0 Å². The first kappa shape index (κ1) is 34.5. The third-order valence-electron chi connectivity index (χ3n) is 11.3. The molecule has 0 saturated carbocycles. The van der Waals surface area contributed by atoms with Gasteiger partial charge in [0.15, 0.2) is 11.5 Å². The van der Waals surface area contributed by atoms with Crippen LogP contribution >= 0.6 is 0 Å². The molecule has 0 atom stereocenters. The number of nitrogens with zero attached hydrogens (tertiary/aromatic N) is 2. The summed E-state index contributed by atoms with van der Waals surface area (Å²) in [5.41, 5.74) is 18.8. The number of ether oxygens (including phenoxy) is 2. The van der Waals surface area contributed by atoms with Crippen molar-refractivity contribution in [1.82, 2.24) is 0 Å². The average molecular weight is 689 g/mol. The topological polar surface area (TPSA) is 24.9 Å². The molecule has 4 nitrogen and oxygen atoms in total. The molecule has 0 aliphatic carbocycles. The van der Waals surface area contributed by atoms with Crippen LogP contribution in [-0.2, 0) is 16.2 Å². The normalized spacial score (nSPS) is 15.0. The van der Waals surface area contributed by atoms with Crippen LogP contribution in [0.5, 0.6) is 11.5 Å². The Kier molecular flexibility index (Phi) is 7.74. The highest BCUT2D eigenvalue weighted by molar-refractivity contribution is 7.00. The minimum absolute atomic E-state index is 0.00420. The largest absolute Gasteiger partial charge is 0.486 e. The zero-order chi connectivity index (χ0) is 37.1. The summed E-state index contributed by atoms with van der Waals surface area (Å²) in [7, 11) is 0. The summed E-state index contributed by atoms with van der Waals surface area (Å²) in [4.78, 5) is 5.03. The van der Waals surface area contributed by atoms with Crippen molar-refractivity contribution in [3.63, 3.8) is 0 Å². The predicted octanol–water partition coefficient (Wildman–Crippen LogP) is 10.4. The van der Waals surface area contributed by atoms with Crippen molar-refractivity contribution in [2.24, 2.45) is 0 Å². The molecule has 5 aromatic rings. The fourth-order valence-electron chi connectivity index (χ4n) is 8.55. The Morgan fingerprint density at radius 2 is 1.10 bits per heavy atom. The first-order valence-electron chi connectivity index (χ1n) is 19.0. The molecule has 266 valence electrons. The van der Waals surface area contributed by atoms with Gasteiger partial charge in [-0.2, -0.15) is 0 Å². The van der Waals surface area contributed by atoms with E-state index in [9.17, 15) is 0 Å². The molecular weight excluding hydrogens is 635 g/mol. The monoisotopic (exact) mass is 688 g/mol. The van der Waals surface area contributed by atoms with Crippen molar-refractivity contribution < 1.29 is 9.47 Å². The second-order valence-electron chi connectivity index (χ2n) is 18.4. The number of hydrogen-bond donors (Lipinski definition) is 0. The van der Waals surface area contributed by atoms with E-state index in [1.807, 2.05) is 0 Å². The van der Waals surface area contributed by atoms with Gasteiger partial charge in [0.05, 0.1) is 11.4 Å². The number of anilines is 6. The molecule has 0 aromatic heterocycles. The fourth-order valence-corrected chi connectivity index (χ4v) is 8.55. The Hall–Kier alpha value is -4.64. The summed E-state index contributed by atoms with van der Waals surface area (Å²) in [5.74, 6) is 1.65. The van der Waals surface area contributed by atoms with Crippen molar-refractivity contribution in [2.75, 3.05) is 23.0 Å². The molecule has 0 unspecified atom stereocenters. The Labute approximate surface area is 311 Å². The molecule has 0 saturated heterocycles. The fraction of sp³-hybridized carbons (Fsp3) is 0.362. The van der Waals surface area contributed by atoms with Gasteiger partial charge in [0.1, 0.15) is 13.2 Å². The lowest BCUT2D eigenvalue weighted by Gasteiger charge is -2.46. The highest BCUT2D eigenvalue weighted by Crippen LogP contribution is 2.51. The maximum absolute atomic E-state index is 6.64. The second kappa shape index (κ2) is 11.7.